The number of hydrogen-bond donors (Lipinski definition) is 2. The van der Waals surface area contributed by atoms with Crippen LogP contribution in [0.4, 0.5) is 5.69 Å². The van der Waals surface area contributed by atoms with E-state index in [1.807, 2.05) is 6.07 Å². The minimum absolute atomic E-state index is 0.0000850. The average molecular weight is 294 g/mol. The van der Waals surface area contributed by atoms with Crippen molar-refractivity contribution >= 4 is 11.6 Å². The summed E-state index contributed by atoms with van der Waals surface area (Å²) in [5, 5.41) is 2.95. The van der Waals surface area contributed by atoms with Crippen molar-refractivity contribution in [3.8, 4) is 0 Å². The summed E-state index contributed by atoms with van der Waals surface area (Å²) < 4.78 is 0. The maximum absolute atomic E-state index is 11.6. The number of amides is 1. The van der Waals surface area contributed by atoms with Crippen molar-refractivity contribution < 1.29 is 4.79 Å². The van der Waals surface area contributed by atoms with Crippen molar-refractivity contribution in [2.24, 2.45) is 5.73 Å². The van der Waals surface area contributed by atoms with Gasteiger partial charge >= 0.3 is 0 Å². The molecule has 1 amide bonds. The van der Waals surface area contributed by atoms with Gasteiger partial charge in [-0.05, 0) is 54.5 Å². The molecule has 1 aliphatic rings. The third-order valence-electron chi connectivity index (χ3n) is 4.62. The van der Waals surface area contributed by atoms with E-state index in [2.05, 4.69) is 49.5 Å². The first-order valence-corrected chi connectivity index (χ1v) is 7.78. The van der Waals surface area contributed by atoms with Gasteiger partial charge in [0.1, 0.15) is 0 Å². The number of fused-ring (bicyclic) bond motifs is 1. The molecule has 1 aliphatic heterocycles. The maximum Gasteiger partial charge on any atom is 0.228 e. The van der Waals surface area contributed by atoms with E-state index in [-0.39, 0.29) is 11.9 Å². The van der Waals surface area contributed by atoms with Gasteiger partial charge in [0.25, 0.3) is 0 Å². The van der Waals surface area contributed by atoms with Gasteiger partial charge in [-0.15, -0.1) is 0 Å². The number of hydrogen-bond acceptors (Lipinski definition) is 2. The molecule has 1 unspecified atom stereocenters. The van der Waals surface area contributed by atoms with Crippen LogP contribution in [-0.4, -0.2) is 5.91 Å². The highest BCUT2D eigenvalue weighted by molar-refractivity contribution is 6.00. The van der Waals surface area contributed by atoms with Crippen LogP contribution in [-0.2, 0) is 17.6 Å². The van der Waals surface area contributed by atoms with Crippen LogP contribution in [0.2, 0.25) is 0 Å². The minimum Gasteiger partial charge on any atom is -0.325 e. The molecular weight excluding hydrogens is 272 g/mol. The molecule has 22 heavy (non-hydrogen) atoms. The molecule has 2 aromatic rings. The minimum atomic E-state index is -0.0000850. The number of aryl methyl sites for hydroxylation is 1. The fourth-order valence-corrected chi connectivity index (χ4v) is 3.19. The zero-order chi connectivity index (χ0) is 15.7. The first kappa shape index (κ1) is 14.8. The molecule has 0 aliphatic carbocycles. The molecule has 0 bridgehead atoms. The van der Waals surface area contributed by atoms with Crippen LogP contribution in [0.15, 0.2) is 36.4 Å². The quantitative estimate of drug-likeness (QED) is 0.907. The molecule has 1 atom stereocenters. The number of nitrogens with one attached hydrogen (secondary N) is 1. The summed E-state index contributed by atoms with van der Waals surface area (Å²) in [6, 6.07) is 12.5. The predicted molar refractivity (Wildman–Crippen MR) is 89.9 cm³/mol. The van der Waals surface area contributed by atoms with Crippen LogP contribution < -0.4 is 11.1 Å². The summed E-state index contributed by atoms with van der Waals surface area (Å²) in [5.74, 6) is 0.0764. The molecule has 0 saturated heterocycles. The molecule has 2 aromatic carbocycles. The molecule has 0 aromatic heterocycles. The summed E-state index contributed by atoms with van der Waals surface area (Å²) in [6.07, 6.45) is 2.34. The summed E-state index contributed by atoms with van der Waals surface area (Å²) in [7, 11) is 0. The molecular formula is C19H22N2O. The number of benzene rings is 2. The van der Waals surface area contributed by atoms with E-state index < -0.39 is 0 Å². The molecule has 0 spiro atoms. The Bertz CT molecular complexity index is 707. The second-order valence-corrected chi connectivity index (χ2v) is 6.11. The maximum atomic E-state index is 11.6. The van der Waals surface area contributed by atoms with Gasteiger partial charge in [0, 0.05) is 11.7 Å². The van der Waals surface area contributed by atoms with Crippen LogP contribution in [0.5, 0.6) is 0 Å². The number of carbonyl (C=O) groups is 1. The second-order valence-electron chi connectivity index (χ2n) is 6.11. The van der Waals surface area contributed by atoms with Crippen molar-refractivity contribution in [2.75, 3.05) is 5.32 Å². The van der Waals surface area contributed by atoms with Crippen molar-refractivity contribution in [3.05, 3.63) is 64.2 Å². The molecule has 3 heteroatoms. The van der Waals surface area contributed by atoms with E-state index >= 15 is 0 Å². The summed E-state index contributed by atoms with van der Waals surface area (Å²) >= 11 is 0. The Balaban J connectivity index is 1.81. The predicted octanol–water partition coefficient (Wildman–Crippen LogP) is 3.43. The van der Waals surface area contributed by atoms with Crippen molar-refractivity contribution in [3.63, 3.8) is 0 Å². The topological polar surface area (TPSA) is 55.1 Å². The van der Waals surface area contributed by atoms with Crippen molar-refractivity contribution in [1.82, 2.24) is 0 Å². The van der Waals surface area contributed by atoms with Gasteiger partial charge in [0.2, 0.25) is 5.91 Å². The lowest BCUT2D eigenvalue weighted by Gasteiger charge is -2.19. The van der Waals surface area contributed by atoms with Crippen LogP contribution in [0.1, 0.15) is 40.3 Å². The van der Waals surface area contributed by atoms with E-state index in [1.54, 1.807) is 0 Å². The van der Waals surface area contributed by atoms with Gasteiger partial charge in [-0.25, -0.2) is 0 Å². The van der Waals surface area contributed by atoms with Gasteiger partial charge in [-0.3, -0.25) is 4.79 Å². The lowest BCUT2D eigenvalue weighted by molar-refractivity contribution is -0.115. The Kier molecular flexibility index (Phi) is 3.99. The molecule has 3 N–H and O–H groups in total. The number of carbonyl (C=O) groups excluding carboxylic acids is 1. The SMILES string of the molecule is Cc1c(C(N)CCc2ccccc2)cc2c(c1C)NC(=O)C2. The van der Waals surface area contributed by atoms with Crippen molar-refractivity contribution in [2.45, 2.75) is 39.2 Å². The second kappa shape index (κ2) is 5.93. The highest BCUT2D eigenvalue weighted by Gasteiger charge is 2.23. The molecule has 3 nitrogen and oxygen atoms in total. The zero-order valence-corrected chi connectivity index (χ0v) is 13.1. The van der Waals surface area contributed by atoms with Gasteiger partial charge in [-0.2, -0.15) is 0 Å². The van der Waals surface area contributed by atoms with E-state index in [0.717, 1.165) is 29.7 Å². The van der Waals surface area contributed by atoms with E-state index in [1.165, 1.54) is 16.7 Å². The normalized spacial score (nSPS) is 14.6. The smallest absolute Gasteiger partial charge is 0.228 e. The Morgan fingerprint density at radius 2 is 1.91 bits per heavy atom. The Morgan fingerprint density at radius 3 is 2.64 bits per heavy atom. The standard InChI is InChI=1S/C19H22N2O/c1-12-13(2)19-15(11-18(22)21-19)10-16(12)17(20)9-8-14-6-4-3-5-7-14/h3-7,10,17H,8-9,11,20H2,1-2H3,(H,21,22). The van der Waals surface area contributed by atoms with E-state index in [9.17, 15) is 4.79 Å². The van der Waals surface area contributed by atoms with Gasteiger partial charge < -0.3 is 11.1 Å². The van der Waals surface area contributed by atoms with Crippen LogP contribution in [0.3, 0.4) is 0 Å². The van der Waals surface area contributed by atoms with E-state index in [4.69, 9.17) is 5.73 Å². The Labute approximate surface area is 131 Å². The molecule has 0 fully saturated rings. The number of nitrogens with two attached hydrogens (primary N) is 1. The lowest BCUT2D eigenvalue weighted by atomic mass is 9.90. The molecule has 3 rings (SSSR count). The fraction of sp³-hybridized carbons (Fsp3) is 0.316. The summed E-state index contributed by atoms with van der Waals surface area (Å²) in [5.41, 5.74) is 13.3. The van der Waals surface area contributed by atoms with Gasteiger partial charge in [0.15, 0.2) is 0 Å². The monoisotopic (exact) mass is 294 g/mol. The average Bonchev–Trinajstić information content (AvgIpc) is 2.90. The zero-order valence-electron chi connectivity index (χ0n) is 13.1. The molecule has 1 heterocycles. The van der Waals surface area contributed by atoms with Crippen molar-refractivity contribution in [1.29, 1.82) is 0 Å². The lowest BCUT2D eigenvalue weighted by Crippen LogP contribution is -2.14. The Hall–Kier alpha value is -2.13. The van der Waals surface area contributed by atoms with Crippen LogP contribution in [0, 0.1) is 13.8 Å². The molecule has 0 radical (unpaired) electrons. The van der Waals surface area contributed by atoms with Crippen LogP contribution >= 0.6 is 0 Å². The number of rotatable bonds is 4. The number of anilines is 1. The largest absolute Gasteiger partial charge is 0.325 e. The molecule has 114 valence electrons. The fourth-order valence-electron chi connectivity index (χ4n) is 3.19. The summed E-state index contributed by atoms with van der Waals surface area (Å²) in [4.78, 5) is 11.6. The highest BCUT2D eigenvalue weighted by atomic mass is 16.1. The Morgan fingerprint density at radius 1 is 1.18 bits per heavy atom. The molecule has 0 saturated carbocycles. The highest BCUT2D eigenvalue weighted by Crippen LogP contribution is 2.34. The first-order chi connectivity index (χ1) is 10.6. The van der Waals surface area contributed by atoms with Gasteiger partial charge in [-0.1, -0.05) is 36.4 Å². The third kappa shape index (κ3) is 2.77. The first-order valence-electron chi connectivity index (χ1n) is 7.78. The third-order valence-corrected chi connectivity index (χ3v) is 4.62. The van der Waals surface area contributed by atoms with Crippen LogP contribution in [0.25, 0.3) is 0 Å². The van der Waals surface area contributed by atoms with Gasteiger partial charge in [0.05, 0.1) is 6.42 Å². The van der Waals surface area contributed by atoms with E-state index in [0.29, 0.717) is 6.42 Å². The summed E-state index contributed by atoms with van der Waals surface area (Å²) in [6.45, 7) is 4.16.